The number of benzene rings is 3. The van der Waals surface area contributed by atoms with Gasteiger partial charge in [-0.15, -0.1) is 0 Å². The highest BCUT2D eigenvalue weighted by Crippen LogP contribution is 2.31. The minimum absolute atomic E-state index is 0.0567. The maximum Gasteiger partial charge on any atom is 0.293 e. The van der Waals surface area contributed by atoms with Crippen LogP contribution in [0.5, 0.6) is 0 Å². The molecule has 3 aromatic carbocycles. The standard InChI is InChI=1S/C21H16ClFN4O5S/c22-17-9-6-10-18(23)16(17)13-24-25-21(28)14-26(19-11-4-5-12-20(19)27(29)30)33(31,32)15-7-2-1-3-8-15/h1-13H,14H2,(H,25,28)/b24-13-. The predicted molar refractivity (Wildman–Crippen MR) is 121 cm³/mol. The van der Waals surface area contributed by atoms with E-state index in [9.17, 15) is 27.7 Å². The van der Waals surface area contributed by atoms with Crippen LogP contribution in [0.2, 0.25) is 5.02 Å². The van der Waals surface area contributed by atoms with E-state index in [0.717, 1.165) is 18.3 Å². The molecule has 0 radical (unpaired) electrons. The zero-order valence-corrected chi connectivity index (χ0v) is 18.3. The van der Waals surface area contributed by atoms with E-state index in [0.29, 0.717) is 4.31 Å². The molecule has 0 aliphatic heterocycles. The molecule has 0 fully saturated rings. The second kappa shape index (κ2) is 10.2. The number of anilines is 1. The van der Waals surface area contributed by atoms with Crippen molar-refractivity contribution >= 4 is 45.1 Å². The number of carbonyl (C=O) groups is 1. The van der Waals surface area contributed by atoms with E-state index >= 15 is 0 Å². The minimum atomic E-state index is -4.36. The Hall–Kier alpha value is -3.83. The largest absolute Gasteiger partial charge is 0.293 e. The minimum Gasteiger partial charge on any atom is -0.271 e. The normalized spacial score (nSPS) is 11.3. The number of amides is 1. The summed E-state index contributed by atoms with van der Waals surface area (Å²) in [5.74, 6) is -1.59. The number of hydrogen-bond acceptors (Lipinski definition) is 6. The third kappa shape index (κ3) is 5.51. The highest BCUT2D eigenvalue weighted by molar-refractivity contribution is 7.92. The molecule has 3 aromatic rings. The molecule has 170 valence electrons. The average Bonchev–Trinajstić information content (AvgIpc) is 2.80. The number of hydrazone groups is 1. The smallest absolute Gasteiger partial charge is 0.271 e. The summed E-state index contributed by atoms with van der Waals surface area (Å²) in [6.07, 6.45) is 0.969. The number of nitrogens with zero attached hydrogens (tertiary/aromatic N) is 3. The molecule has 0 saturated carbocycles. The Morgan fingerprint density at radius 2 is 1.76 bits per heavy atom. The van der Waals surface area contributed by atoms with Crippen molar-refractivity contribution in [3.8, 4) is 0 Å². The molecule has 12 heteroatoms. The maximum atomic E-state index is 13.8. The molecule has 0 spiro atoms. The molecule has 3 rings (SSSR count). The molecule has 0 saturated heterocycles. The lowest BCUT2D eigenvalue weighted by Crippen LogP contribution is -2.39. The van der Waals surface area contributed by atoms with Gasteiger partial charge in [0.2, 0.25) is 0 Å². The van der Waals surface area contributed by atoms with Gasteiger partial charge < -0.3 is 0 Å². The summed E-state index contributed by atoms with van der Waals surface area (Å²) in [4.78, 5) is 23.1. The van der Waals surface area contributed by atoms with E-state index in [4.69, 9.17) is 11.6 Å². The Kier molecular flexibility index (Phi) is 7.36. The summed E-state index contributed by atoms with van der Waals surface area (Å²) >= 11 is 5.89. The molecule has 0 aliphatic carbocycles. The first-order valence-electron chi connectivity index (χ1n) is 9.29. The van der Waals surface area contributed by atoms with Gasteiger partial charge in [-0.3, -0.25) is 14.9 Å². The Labute approximate surface area is 193 Å². The fourth-order valence-electron chi connectivity index (χ4n) is 2.82. The van der Waals surface area contributed by atoms with Gasteiger partial charge in [0.1, 0.15) is 18.0 Å². The van der Waals surface area contributed by atoms with Crippen LogP contribution in [0, 0.1) is 15.9 Å². The highest BCUT2D eigenvalue weighted by atomic mass is 35.5. The van der Waals surface area contributed by atoms with Crippen molar-refractivity contribution < 1.29 is 22.5 Å². The van der Waals surface area contributed by atoms with Gasteiger partial charge in [-0.2, -0.15) is 5.10 Å². The SMILES string of the molecule is O=C(CN(c1ccccc1[N+](=O)[O-])S(=O)(=O)c1ccccc1)N/N=C\c1c(F)cccc1Cl. The molecular formula is C21H16ClFN4O5S. The number of nitro groups is 1. The van der Waals surface area contributed by atoms with Gasteiger partial charge in [0.05, 0.1) is 21.1 Å². The Balaban J connectivity index is 1.93. The summed E-state index contributed by atoms with van der Waals surface area (Å²) in [5.41, 5.74) is 1.20. The van der Waals surface area contributed by atoms with Crippen molar-refractivity contribution in [1.82, 2.24) is 5.43 Å². The Morgan fingerprint density at radius 1 is 1.09 bits per heavy atom. The molecule has 1 N–H and O–H groups in total. The van der Waals surface area contributed by atoms with Gasteiger partial charge in [-0.1, -0.05) is 48.0 Å². The molecule has 9 nitrogen and oxygen atoms in total. The lowest BCUT2D eigenvalue weighted by molar-refractivity contribution is -0.384. The van der Waals surface area contributed by atoms with Crippen molar-refractivity contribution in [1.29, 1.82) is 0 Å². The number of rotatable bonds is 8. The van der Waals surface area contributed by atoms with Crippen molar-refractivity contribution in [3.05, 3.63) is 99.3 Å². The van der Waals surface area contributed by atoms with E-state index in [2.05, 4.69) is 10.5 Å². The first-order chi connectivity index (χ1) is 15.7. The fraction of sp³-hybridized carbons (Fsp3) is 0.0476. The topological polar surface area (TPSA) is 122 Å². The van der Waals surface area contributed by atoms with Crippen LogP contribution in [-0.2, 0) is 14.8 Å². The first-order valence-corrected chi connectivity index (χ1v) is 11.1. The summed E-state index contributed by atoms with van der Waals surface area (Å²) in [6, 6.07) is 16.3. The summed E-state index contributed by atoms with van der Waals surface area (Å²) in [6.45, 7) is -0.829. The number of hydrogen-bond donors (Lipinski definition) is 1. The Morgan fingerprint density at radius 3 is 2.42 bits per heavy atom. The zero-order chi connectivity index (χ0) is 24.0. The van der Waals surface area contributed by atoms with Gasteiger partial charge in [0.15, 0.2) is 0 Å². The highest BCUT2D eigenvalue weighted by Gasteiger charge is 2.31. The third-order valence-corrected chi connectivity index (χ3v) is 6.45. The second-order valence-corrected chi connectivity index (χ2v) is 8.77. The van der Waals surface area contributed by atoms with Crippen molar-refractivity contribution in [2.75, 3.05) is 10.8 Å². The predicted octanol–water partition coefficient (Wildman–Crippen LogP) is 3.73. The van der Waals surface area contributed by atoms with E-state index in [-0.39, 0.29) is 21.2 Å². The lowest BCUT2D eigenvalue weighted by Gasteiger charge is -2.23. The first kappa shape index (κ1) is 23.8. The quantitative estimate of drug-likeness (QED) is 0.293. The van der Waals surface area contributed by atoms with Gasteiger partial charge in [0, 0.05) is 11.6 Å². The van der Waals surface area contributed by atoms with E-state index in [1.165, 1.54) is 54.6 Å². The van der Waals surface area contributed by atoms with Crippen LogP contribution in [0.3, 0.4) is 0 Å². The van der Waals surface area contributed by atoms with Crippen LogP contribution >= 0.6 is 11.6 Å². The van der Waals surface area contributed by atoms with E-state index in [1.807, 2.05) is 0 Å². The molecular weight excluding hydrogens is 475 g/mol. The second-order valence-electron chi connectivity index (χ2n) is 6.50. The molecule has 0 aliphatic rings. The molecule has 0 heterocycles. The zero-order valence-electron chi connectivity index (χ0n) is 16.8. The number of nitrogens with one attached hydrogen (secondary N) is 1. The van der Waals surface area contributed by atoms with Crippen LogP contribution < -0.4 is 9.73 Å². The molecule has 0 unspecified atom stereocenters. The molecule has 33 heavy (non-hydrogen) atoms. The summed E-state index contributed by atoms with van der Waals surface area (Å²) < 4.78 is 40.9. The van der Waals surface area contributed by atoms with E-state index < -0.39 is 38.9 Å². The van der Waals surface area contributed by atoms with Crippen molar-refractivity contribution in [2.45, 2.75) is 4.90 Å². The van der Waals surface area contributed by atoms with Gasteiger partial charge in [-0.25, -0.2) is 22.5 Å². The molecule has 0 atom stereocenters. The Bertz CT molecular complexity index is 1300. The molecule has 0 bridgehead atoms. The number of para-hydroxylation sites is 2. The van der Waals surface area contributed by atoms with Crippen LogP contribution in [-0.4, -0.2) is 32.0 Å². The number of sulfonamides is 1. The van der Waals surface area contributed by atoms with Crippen LogP contribution in [0.15, 0.2) is 82.8 Å². The van der Waals surface area contributed by atoms with Crippen LogP contribution in [0.4, 0.5) is 15.8 Å². The monoisotopic (exact) mass is 490 g/mol. The van der Waals surface area contributed by atoms with Crippen LogP contribution in [0.1, 0.15) is 5.56 Å². The van der Waals surface area contributed by atoms with Gasteiger partial charge >= 0.3 is 0 Å². The number of halogens is 2. The third-order valence-electron chi connectivity index (χ3n) is 4.35. The van der Waals surface area contributed by atoms with Crippen molar-refractivity contribution in [3.63, 3.8) is 0 Å². The lowest BCUT2D eigenvalue weighted by atomic mass is 10.2. The average molecular weight is 491 g/mol. The molecule has 1 amide bonds. The summed E-state index contributed by atoms with van der Waals surface area (Å²) in [5, 5.41) is 15.2. The molecule has 0 aromatic heterocycles. The number of nitro benzene ring substituents is 1. The van der Waals surface area contributed by atoms with Crippen LogP contribution in [0.25, 0.3) is 0 Å². The van der Waals surface area contributed by atoms with Gasteiger partial charge in [0.25, 0.3) is 21.6 Å². The fourth-order valence-corrected chi connectivity index (χ4v) is 4.49. The summed E-state index contributed by atoms with van der Waals surface area (Å²) in [7, 11) is -4.36. The number of carbonyl (C=O) groups excluding carboxylic acids is 1. The van der Waals surface area contributed by atoms with Crippen molar-refractivity contribution in [2.24, 2.45) is 5.10 Å². The van der Waals surface area contributed by atoms with E-state index in [1.54, 1.807) is 6.07 Å². The van der Waals surface area contributed by atoms with Gasteiger partial charge in [-0.05, 0) is 30.3 Å². The maximum absolute atomic E-state index is 13.8.